The zero-order valence-electron chi connectivity index (χ0n) is 14.7. The van der Waals surface area contributed by atoms with Crippen LogP contribution < -0.4 is 0 Å². The summed E-state index contributed by atoms with van der Waals surface area (Å²) in [6.45, 7) is 2.84. The Hall–Kier alpha value is -2.37. The molecule has 0 atom stereocenters. The first-order valence-corrected chi connectivity index (χ1v) is 10.3. The molecule has 0 spiro atoms. The number of sulfonamides is 1. The Morgan fingerprint density at radius 1 is 1.00 bits per heavy atom. The number of nitrogens with zero attached hydrogens (tertiary/aromatic N) is 1. The molecule has 0 N–H and O–H groups in total. The lowest BCUT2D eigenvalue weighted by atomic mass is 9.95. The number of fused-ring (bicyclic) bond motifs is 2. The van der Waals surface area contributed by atoms with Crippen LogP contribution >= 0.6 is 0 Å². The topological polar surface area (TPSA) is 50.5 Å². The number of aryl methyl sites for hydroxylation is 1. The lowest BCUT2D eigenvalue weighted by Crippen LogP contribution is -2.35. The third-order valence-corrected chi connectivity index (χ3v) is 6.91. The van der Waals surface area contributed by atoms with E-state index in [-0.39, 0.29) is 0 Å². The minimum absolute atomic E-state index is 0.395. The van der Waals surface area contributed by atoms with E-state index in [1.165, 1.54) is 11.1 Å². The molecular formula is C21H21NO3S. The van der Waals surface area contributed by atoms with Crippen molar-refractivity contribution in [3.63, 3.8) is 0 Å². The lowest BCUT2D eigenvalue weighted by Gasteiger charge is -2.26. The average molecular weight is 367 g/mol. The predicted octanol–water partition coefficient (Wildman–Crippen LogP) is 4.26. The minimum Gasteiger partial charge on any atom is -0.469 e. The summed E-state index contributed by atoms with van der Waals surface area (Å²) in [6.07, 6.45) is 2.97. The molecule has 1 aromatic carbocycles. The van der Waals surface area contributed by atoms with Gasteiger partial charge < -0.3 is 4.42 Å². The third-order valence-electron chi connectivity index (χ3n) is 4.96. The van der Waals surface area contributed by atoms with Crippen molar-refractivity contribution < 1.29 is 12.8 Å². The SMILES string of the molecule is CCc1ccccc1S(=O)(=O)N1CCc2occc2C1.c1cc2ccc1-2. The van der Waals surface area contributed by atoms with E-state index in [4.69, 9.17) is 4.42 Å². The van der Waals surface area contributed by atoms with Crippen molar-refractivity contribution >= 4 is 10.0 Å². The van der Waals surface area contributed by atoms with Crippen LogP contribution in [0.3, 0.4) is 0 Å². The third kappa shape index (κ3) is 2.97. The molecule has 2 heterocycles. The summed E-state index contributed by atoms with van der Waals surface area (Å²) in [4.78, 5) is 0.425. The van der Waals surface area contributed by atoms with E-state index in [0.717, 1.165) is 16.9 Å². The van der Waals surface area contributed by atoms with Crippen molar-refractivity contribution in [2.75, 3.05) is 6.54 Å². The van der Waals surface area contributed by atoms with Gasteiger partial charge in [0.15, 0.2) is 0 Å². The van der Waals surface area contributed by atoms with Gasteiger partial charge in [0.1, 0.15) is 5.76 Å². The van der Waals surface area contributed by atoms with Crippen LogP contribution in [0, 0.1) is 0 Å². The number of furan rings is 1. The van der Waals surface area contributed by atoms with Crippen LogP contribution in [0.5, 0.6) is 0 Å². The van der Waals surface area contributed by atoms with Crippen molar-refractivity contribution in [3.8, 4) is 11.1 Å². The maximum absolute atomic E-state index is 12.8. The van der Waals surface area contributed by atoms with Gasteiger partial charge in [-0.05, 0) is 35.2 Å². The van der Waals surface area contributed by atoms with Crippen LogP contribution in [0.1, 0.15) is 23.8 Å². The fourth-order valence-corrected chi connectivity index (χ4v) is 4.99. The van der Waals surface area contributed by atoms with Gasteiger partial charge in [-0.2, -0.15) is 4.31 Å². The molecule has 1 aliphatic heterocycles. The summed E-state index contributed by atoms with van der Waals surface area (Å²) in [7, 11) is -3.43. The maximum Gasteiger partial charge on any atom is 0.243 e. The molecule has 0 bridgehead atoms. The Kier molecular flexibility index (Phi) is 4.42. The molecule has 26 heavy (non-hydrogen) atoms. The first-order valence-electron chi connectivity index (χ1n) is 8.83. The second-order valence-electron chi connectivity index (χ2n) is 6.50. The highest BCUT2D eigenvalue weighted by atomic mass is 32.2. The van der Waals surface area contributed by atoms with E-state index in [9.17, 15) is 8.42 Å². The molecule has 134 valence electrons. The molecular weight excluding hydrogens is 346 g/mol. The molecule has 0 unspecified atom stereocenters. The highest BCUT2D eigenvalue weighted by Gasteiger charge is 2.30. The van der Waals surface area contributed by atoms with Crippen molar-refractivity contribution in [2.24, 2.45) is 0 Å². The van der Waals surface area contributed by atoms with Crippen molar-refractivity contribution in [2.45, 2.75) is 31.2 Å². The molecule has 5 rings (SSSR count). The molecule has 2 aliphatic carbocycles. The minimum atomic E-state index is -3.43. The van der Waals surface area contributed by atoms with E-state index in [2.05, 4.69) is 24.3 Å². The van der Waals surface area contributed by atoms with Crippen LogP contribution in [0.15, 0.2) is 70.2 Å². The van der Waals surface area contributed by atoms with Gasteiger partial charge in [-0.3, -0.25) is 0 Å². The number of benzene rings is 2. The molecule has 5 heteroatoms. The first-order chi connectivity index (χ1) is 12.6. The van der Waals surface area contributed by atoms with E-state index in [1.807, 2.05) is 25.1 Å². The van der Waals surface area contributed by atoms with E-state index < -0.39 is 10.0 Å². The van der Waals surface area contributed by atoms with Gasteiger partial charge in [-0.25, -0.2) is 8.42 Å². The molecule has 4 nitrogen and oxygen atoms in total. The van der Waals surface area contributed by atoms with Crippen LogP contribution in [0.25, 0.3) is 11.1 Å². The highest BCUT2D eigenvalue weighted by Crippen LogP contribution is 2.29. The first kappa shape index (κ1) is 17.1. The van der Waals surface area contributed by atoms with Gasteiger partial charge >= 0.3 is 0 Å². The Morgan fingerprint density at radius 3 is 2.31 bits per heavy atom. The number of hydrogen-bond acceptors (Lipinski definition) is 3. The van der Waals surface area contributed by atoms with E-state index in [1.54, 1.807) is 22.7 Å². The molecule has 0 saturated heterocycles. The van der Waals surface area contributed by atoms with E-state index >= 15 is 0 Å². The zero-order valence-corrected chi connectivity index (χ0v) is 15.5. The zero-order chi connectivity index (χ0) is 18.1. The lowest BCUT2D eigenvalue weighted by molar-refractivity contribution is 0.362. The van der Waals surface area contributed by atoms with Crippen molar-refractivity contribution in [3.05, 3.63) is 77.7 Å². The van der Waals surface area contributed by atoms with Crippen molar-refractivity contribution in [1.82, 2.24) is 4.31 Å². The quantitative estimate of drug-likeness (QED) is 0.544. The monoisotopic (exact) mass is 367 g/mol. The van der Waals surface area contributed by atoms with Crippen molar-refractivity contribution in [1.29, 1.82) is 0 Å². The number of hydrogen-bond donors (Lipinski definition) is 0. The molecule has 0 amide bonds. The number of rotatable bonds is 3. The molecule has 0 saturated carbocycles. The Bertz CT molecular complexity index is 998. The van der Waals surface area contributed by atoms with Gasteiger partial charge in [0.25, 0.3) is 0 Å². The Balaban J connectivity index is 0.000000233. The summed E-state index contributed by atoms with van der Waals surface area (Å²) < 4.78 is 32.5. The van der Waals surface area contributed by atoms with Crippen LogP contribution in [0.2, 0.25) is 0 Å². The Labute approximate surface area is 154 Å². The summed E-state index contributed by atoms with van der Waals surface area (Å²) in [5, 5.41) is 0. The summed E-state index contributed by atoms with van der Waals surface area (Å²) in [5.41, 5.74) is 4.68. The second-order valence-corrected chi connectivity index (χ2v) is 8.40. The van der Waals surface area contributed by atoms with Gasteiger partial charge in [0.05, 0.1) is 11.2 Å². The molecule has 2 aromatic rings. The van der Waals surface area contributed by atoms with Gasteiger partial charge in [0.2, 0.25) is 10.0 Å². The highest BCUT2D eigenvalue weighted by molar-refractivity contribution is 7.89. The molecule has 3 aliphatic rings. The molecule has 0 fully saturated rings. The fourth-order valence-electron chi connectivity index (χ4n) is 3.28. The van der Waals surface area contributed by atoms with Crippen LogP contribution in [-0.4, -0.2) is 19.3 Å². The second kappa shape index (κ2) is 6.74. The summed E-state index contributed by atoms with van der Waals surface area (Å²) >= 11 is 0. The predicted molar refractivity (Wildman–Crippen MR) is 101 cm³/mol. The molecule has 1 aromatic heterocycles. The standard InChI is InChI=1S/C15H17NO3S.C6H4/c1-2-12-5-3-4-6-15(12)20(17,18)16-9-7-14-13(11-16)8-10-19-14;1-2-6-4-3-5(1)6/h3-6,8,10H,2,7,9,11H2,1H3;1-4H. The summed E-state index contributed by atoms with van der Waals surface area (Å²) in [6, 6.07) is 17.6. The fraction of sp³-hybridized carbons (Fsp3) is 0.238. The smallest absolute Gasteiger partial charge is 0.243 e. The normalized spacial score (nSPS) is 15.0. The Morgan fingerprint density at radius 2 is 1.69 bits per heavy atom. The van der Waals surface area contributed by atoms with Gasteiger partial charge in [0, 0.05) is 25.1 Å². The van der Waals surface area contributed by atoms with Gasteiger partial charge in [-0.1, -0.05) is 49.4 Å². The average Bonchev–Trinajstić information content (AvgIpc) is 3.13. The van der Waals surface area contributed by atoms with Crippen LogP contribution in [-0.2, 0) is 29.4 Å². The summed E-state index contributed by atoms with van der Waals surface area (Å²) in [5.74, 6) is 0.903. The van der Waals surface area contributed by atoms with Gasteiger partial charge in [-0.15, -0.1) is 0 Å². The largest absolute Gasteiger partial charge is 0.469 e. The van der Waals surface area contributed by atoms with E-state index in [0.29, 0.717) is 30.8 Å². The maximum atomic E-state index is 12.8. The van der Waals surface area contributed by atoms with Crippen LogP contribution in [0.4, 0.5) is 0 Å². The molecule has 0 radical (unpaired) electrons.